The largest absolute Gasteiger partial charge is 0.314 e. The summed E-state index contributed by atoms with van der Waals surface area (Å²) in [5.41, 5.74) is 1.15. The van der Waals surface area contributed by atoms with Crippen LogP contribution in [0.1, 0.15) is 44.3 Å². The second kappa shape index (κ2) is 7.02. The molecular weight excluding hydrogens is 216 g/mol. The van der Waals surface area contributed by atoms with Crippen LogP contribution in [0.3, 0.4) is 0 Å². The van der Waals surface area contributed by atoms with Crippen molar-refractivity contribution in [2.75, 3.05) is 6.54 Å². The summed E-state index contributed by atoms with van der Waals surface area (Å²) in [4.78, 5) is 4.47. The average Bonchev–Trinajstić information content (AvgIpc) is 2.69. The fourth-order valence-electron chi connectivity index (χ4n) is 1.64. The first-order valence-electron chi connectivity index (χ1n) is 6.27. The van der Waals surface area contributed by atoms with Gasteiger partial charge < -0.3 is 5.32 Å². The van der Waals surface area contributed by atoms with Gasteiger partial charge in [0.25, 0.3) is 0 Å². The summed E-state index contributed by atoms with van der Waals surface area (Å²) < 4.78 is 0. The van der Waals surface area contributed by atoms with Gasteiger partial charge in [0.15, 0.2) is 0 Å². The molecule has 0 amide bonds. The topological polar surface area (TPSA) is 24.9 Å². The van der Waals surface area contributed by atoms with Gasteiger partial charge in [-0.05, 0) is 32.7 Å². The maximum absolute atomic E-state index is 4.47. The predicted molar refractivity (Wildman–Crippen MR) is 72.1 cm³/mol. The van der Waals surface area contributed by atoms with Crippen molar-refractivity contribution in [1.82, 2.24) is 10.3 Å². The Balaban J connectivity index is 2.12. The Morgan fingerprint density at radius 1 is 1.44 bits per heavy atom. The predicted octanol–water partition coefficient (Wildman–Crippen LogP) is 3.41. The SMILES string of the molecule is CCC(C)C(C)NCCCc1nc(C)cs1. The Kier molecular flexibility index (Phi) is 5.99. The minimum atomic E-state index is 0.628. The lowest BCUT2D eigenvalue weighted by Gasteiger charge is -2.19. The molecule has 1 N–H and O–H groups in total. The van der Waals surface area contributed by atoms with Gasteiger partial charge in [0.1, 0.15) is 0 Å². The lowest BCUT2D eigenvalue weighted by molar-refractivity contribution is 0.389. The maximum atomic E-state index is 4.47. The van der Waals surface area contributed by atoms with Gasteiger partial charge in [-0.25, -0.2) is 4.98 Å². The van der Waals surface area contributed by atoms with Crippen LogP contribution in [-0.2, 0) is 6.42 Å². The molecule has 92 valence electrons. The molecule has 1 heterocycles. The molecule has 2 atom stereocenters. The van der Waals surface area contributed by atoms with E-state index in [1.54, 1.807) is 11.3 Å². The Morgan fingerprint density at radius 2 is 2.19 bits per heavy atom. The van der Waals surface area contributed by atoms with E-state index in [1.807, 2.05) is 0 Å². The molecule has 0 aliphatic rings. The highest BCUT2D eigenvalue weighted by atomic mass is 32.1. The summed E-state index contributed by atoms with van der Waals surface area (Å²) >= 11 is 1.78. The van der Waals surface area contributed by atoms with Crippen molar-refractivity contribution in [3.63, 3.8) is 0 Å². The molecule has 0 fully saturated rings. The molecule has 0 saturated carbocycles. The maximum Gasteiger partial charge on any atom is 0.0928 e. The van der Waals surface area contributed by atoms with Crippen molar-refractivity contribution in [2.24, 2.45) is 5.92 Å². The van der Waals surface area contributed by atoms with Crippen LogP contribution in [0.2, 0.25) is 0 Å². The van der Waals surface area contributed by atoms with Crippen LogP contribution in [-0.4, -0.2) is 17.6 Å². The second-order valence-corrected chi connectivity index (χ2v) is 5.56. The molecule has 2 unspecified atom stereocenters. The average molecular weight is 240 g/mol. The molecule has 2 nitrogen and oxygen atoms in total. The first kappa shape index (κ1) is 13.7. The van der Waals surface area contributed by atoms with Gasteiger partial charge in [0, 0.05) is 23.5 Å². The molecule has 3 heteroatoms. The molecule has 0 aromatic carbocycles. The van der Waals surface area contributed by atoms with Crippen LogP contribution in [0.5, 0.6) is 0 Å². The van der Waals surface area contributed by atoms with Crippen LogP contribution in [0, 0.1) is 12.8 Å². The monoisotopic (exact) mass is 240 g/mol. The number of rotatable bonds is 7. The zero-order valence-corrected chi connectivity index (χ0v) is 11.7. The molecule has 0 spiro atoms. The van der Waals surface area contributed by atoms with E-state index in [9.17, 15) is 0 Å². The van der Waals surface area contributed by atoms with E-state index in [0.717, 1.165) is 24.6 Å². The zero-order chi connectivity index (χ0) is 12.0. The van der Waals surface area contributed by atoms with Gasteiger partial charge in [-0.1, -0.05) is 20.3 Å². The van der Waals surface area contributed by atoms with Crippen molar-refractivity contribution in [2.45, 2.75) is 53.0 Å². The fraction of sp³-hybridized carbons (Fsp3) is 0.769. The van der Waals surface area contributed by atoms with Crippen molar-refractivity contribution in [1.29, 1.82) is 0 Å². The third-order valence-corrected chi connectivity index (χ3v) is 4.22. The van der Waals surface area contributed by atoms with Crippen LogP contribution in [0.15, 0.2) is 5.38 Å². The number of thiazole rings is 1. The van der Waals surface area contributed by atoms with Crippen LogP contribution < -0.4 is 5.32 Å². The third kappa shape index (κ3) is 4.62. The summed E-state index contributed by atoms with van der Waals surface area (Å²) in [6, 6.07) is 0.628. The smallest absolute Gasteiger partial charge is 0.0928 e. The first-order chi connectivity index (χ1) is 7.63. The molecule has 0 aliphatic carbocycles. The Bertz CT molecular complexity index is 296. The Labute approximate surface area is 103 Å². The molecule has 1 rings (SSSR count). The second-order valence-electron chi connectivity index (χ2n) is 4.61. The van der Waals surface area contributed by atoms with Gasteiger partial charge in [-0.2, -0.15) is 0 Å². The van der Waals surface area contributed by atoms with Gasteiger partial charge in [0.05, 0.1) is 5.01 Å². The molecule has 0 bridgehead atoms. The van der Waals surface area contributed by atoms with E-state index < -0.39 is 0 Å². The molecular formula is C13H24N2S. The number of nitrogens with zero attached hydrogens (tertiary/aromatic N) is 1. The molecule has 0 radical (unpaired) electrons. The minimum absolute atomic E-state index is 0.628. The highest BCUT2D eigenvalue weighted by Gasteiger charge is 2.08. The Hall–Kier alpha value is -0.410. The van der Waals surface area contributed by atoms with Crippen LogP contribution in [0.4, 0.5) is 0 Å². The fourth-order valence-corrected chi connectivity index (χ4v) is 2.46. The number of hydrogen-bond donors (Lipinski definition) is 1. The number of nitrogens with one attached hydrogen (secondary N) is 1. The minimum Gasteiger partial charge on any atom is -0.314 e. The van der Waals surface area contributed by atoms with E-state index >= 15 is 0 Å². The van der Waals surface area contributed by atoms with Crippen LogP contribution >= 0.6 is 11.3 Å². The zero-order valence-electron chi connectivity index (χ0n) is 10.9. The van der Waals surface area contributed by atoms with Gasteiger partial charge in [0.2, 0.25) is 0 Å². The van der Waals surface area contributed by atoms with E-state index in [4.69, 9.17) is 0 Å². The molecule has 0 saturated heterocycles. The van der Waals surface area contributed by atoms with E-state index in [2.05, 4.69) is 43.4 Å². The summed E-state index contributed by atoms with van der Waals surface area (Å²) in [7, 11) is 0. The van der Waals surface area contributed by atoms with Gasteiger partial charge >= 0.3 is 0 Å². The van der Waals surface area contributed by atoms with E-state index in [1.165, 1.54) is 17.8 Å². The highest BCUT2D eigenvalue weighted by Crippen LogP contribution is 2.11. The normalized spacial score (nSPS) is 15.0. The molecule has 1 aromatic heterocycles. The lowest BCUT2D eigenvalue weighted by atomic mass is 10.0. The molecule has 16 heavy (non-hydrogen) atoms. The third-order valence-electron chi connectivity index (χ3n) is 3.20. The lowest BCUT2D eigenvalue weighted by Crippen LogP contribution is -2.32. The quantitative estimate of drug-likeness (QED) is 0.739. The summed E-state index contributed by atoms with van der Waals surface area (Å²) in [5, 5.41) is 6.99. The number of aromatic nitrogens is 1. The molecule has 1 aromatic rings. The van der Waals surface area contributed by atoms with Gasteiger partial charge in [-0.15, -0.1) is 11.3 Å². The standard InChI is InChI=1S/C13H24N2S/c1-5-10(2)12(4)14-8-6-7-13-15-11(3)9-16-13/h9-10,12,14H,5-8H2,1-4H3. The molecule has 0 aliphatic heterocycles. The van der Waals surface area contributed by atoms with Crippen molar-refractivity contribution >= 4 is 11.3 Å². The van der Waals surface area contributed by atoms with Crippen molar-refractivity contribution in [3.8, 4) is 0 Å². The number of aryl methyl sites for hydroxylation is 2. The summed E-state index contributed by atoms with van der Waals surface area (Å²) in [6.45, 7) is 10.00. The van der Waals surface area contributed by atoms with Crippen molar-refractivity contribution < 1.29 is 0 Å². The van der Waals surface area contributed by atoms with E-state index in [-0.39, 0.29) is 0 Å². The Morgan fingerprint density at radius 3 is 2.75 bits per heavy atom. The van der Waals surface area contributed by atoms with Crippen LogP contribution in [0.25, 0.3) is 0 Å². The number of hydrogen-bond acceptors (Lipinski definition) is 3. The summed E-state index contributed by atoms with van der Waals surface area (Å²) in [5.74, 6) is 0.766. The first-order valence-corrected chi connectivity index (χ1v) is 7.15. The highest BCUT2D eigenvalue weighted by molar-refractivity contribution is 7.09. The summed E-state index contributed by atoms with van der Waals surface area (Å²) in [6.07, 6.45) is 3.55. The van der Waals surface area contributed by atoms with Gasteiger partial charge in [-0.3, -0.25) is 0 Å². The van der Waals surface area contributed by atoms with Crippen molar-refractivity contribution in [3.05, 3.63) is 16.1 Å². The van der Waals surface area contributed by atoms with E-state index in [0.29, 0.717) is 6.04 Å².